The summed E-state index contributed by atoms with van der Waals surface area (Å²) in [4.78, 5) is 18.3. The summed E-state index contributed by atoms with van der Waals surface area (Å²) < 4.78 is 0. The molecule has 1 aromatic heterocycles. The lowest BCUT2D eigenvalue weighted by Crippen LogP contribution is -2.33. The summed E-state index contributed by atoms with van der Waals surface area (Å²) in [5.41, 5.74) is 6.50. The minimum absolute atomic E-state index is 0.0286. The van der Waals surface area contributed by atoms with Crippen LogP contribution in [0.3, 0.4) is 0 Å². The highest BCUT2D eigenvalue weighted by atomic mass is 35.5. The van der Waals surface area contributed by atoms with Gasteiger partial charge in [0.2, 0.25) is 0 Å². The molecule has 1 saturated carbocycles. The maximum atomic E-state index is 12.3. The molecule has 1 aliphatic heterocycles. The SMILES string of the molecule is N[C@@H]1CC[C@H]2CN(C(=O)c3cc(Cl)ccn3)C[C@H]21. The van der Waals surface area contributed by atoms with E-state index >= 15 is 0 Å². The molecular formula is C13H16ClN3O. The van der Waals surface area contributed by atoms with Gasteiger partial charge in [0.1, 0.15) is 5.69 Å². The summed E-state index contributed by atoms with van der Waals surface area (Å²) >= 11 is 5.88. The lowest BCUT2D eigenvalue weighted by molar-refractivity contribution is 0.0774. The molecule has 1 saturated heterocycles. The highest BCUT2D eigenvalue weighted by Gasteiger charge is 2.42. The Morgan fingerprint density at radius 1 is 1.44 bits per heavy atom. The van der Waals surface area contributed by atoms with Crippen LogP contribution in [0.5, 0.6) is 0 Å². The molecule has 0 radical (unpaired) electrons. The fraction of sp³-hybridized carbons (Fsp3) is 0.538. The standard InChI is InChI=1S/C13H16ClN3O/c14-9-3-4-16-12(5-9)13(18)17-6-8-1-2-11(15)10(8)7-17/h3-5,8,10-11H,1-2,6-7,15H2/t8-,10+,11+/m0/s1. The van der Waals surface area contributed by atoms with Crippen molar-refractivity contribution in [1.82, 2.24) is 9.88 Å². The molecule has 1 aromatic rings. The van der Waals surface area contributed by atoms with Crippen molar-refractivity contribution in [2.24, 2.45) is 17.6 Å². The summed E-state index contributed by atoms with van der Waals surface area (Å²) in [6.45, 7) is 1.57. The summed E-state index contributed by atoms with van der Waals surface area (Å²) in [6, 6.07) is 3.55. The topological polar surface area (TPSA) is 59.2 Å². The van der Waals surface area contributed by atoms with E-state index < -0.39 is 0 Å². The van der Waals surface area contributed by atoms with Gasteiger partial charge in [0.25, 0.3) is 5.91 Å². The summed E-state index contributed by atoms with van der Waals surface area (Å²) in [5.74, 6) is 1.01. The third kappa shape index (κ3) is 1.99. The highest BCUT2D eigenvalue weighted by Crippen LogP contribution is 2.37. The minimum atomic E-state index is -0.0286. The number of fused-ring (bicyclic) bond motifs is 1. The first kappa shape index (κ1) is 11.9. The van der Waals surface area contributed by atoms with Crippen LogP contribution in [0.25, 0.3) is 0 Å². The molecule has 18 heavy (non-hydrogen) atoms. The number of hydrogen-bond donors (Lipinski definition) is 1. The lowest BCUT2D eigenvalue weighted by atomic mass is 9.98. The van der Waals surface area contributed by atoms with E-state index in [0.717, 1.165) is 25.9 Å². The number of carbonyl (C=O) groups excluding carboxylic acids is 1. The van der Waals surface area contributed by atoms with Gasteiger partial charge in [-0.05, 0) is 36.8 Å². The van der Waals surface area contributed by atoms with Gasteiger partial charge < -0.3 is 10.6 Å². The molecule has 96 valence electrons. The predicted molar refractivity (Wildman–Crippen MR) is 69.3 cm³/mol. The molecule has 0 bridgehead atoms. The zero-order valence-electron chi connectivity index (χ0n) is 10.1. The van der Waals surface area contributed by atoms with Gasteiger partial charge in [-0.3, -0.25) is 9.78 Å². The van der Waals surface area contributed by atoms with Crippen molar-refractivity contribution >= 4 is 17.5 Å². The van der Waals surface area contributed by atoms with Crippen LogP contribution in [0.2, 0.25) is 5.02 Å². The maximum Gasteiger partial charge on any atom is 0.272 e. The molecule has 3 atom stereocenters. The van der Waals surface area contributed by atoms with Crippen LogP contribution < -0.4 is 5.73 Å². The van der Waals surface area contributed by atoms with Crippen molar-refractivity contribution in [3.05, 3.63) is 29.0 Å². The number of aromatic nitrogens is 1. The average molecular weight is 266 g/mol. The number of amides is 1. The highest BCUT2D eigenvalue weighted by molar-refractivity contribution is 6.30. The first-order valence-corrected chi connectivity index (χ1v) is 6.69. The molecule has 0 spiro atoms. The zero-order chi connectivity index (χ0) is 12.7. The van der Waals surface area contributed by atoms with E-state index in [-0.39, 0.29) is 11.9 Å². The third-order valence-corrected chi connectivity index (χ3v) is 4.38. The van der Waals surface area contributed by atoms with Crippen LogP contribution in [-0.4, -0.2) is 34.9 Å². The van der Waals surface area contributed by atoms with Crippen molar-refractivity contribution in [3.63, 3.8) is 0 Å². The normalized spacial score (nSPS) is 30.6. The van der Waals surface area contributed by atoms with Crippen LogP contribution in [-0.2, 0) is 0 Å². The van der Waals surface area contributed by atoms with E-state index in [0.29, 0.717) is 22.6 Å². The molecule has 1 aliphatic carbocycles. The van der Waals surface area contributed by atoms with E-state index in [1.165, 1.54) is 0 Å². The van der Waals surface area contributed by atoms with Crippen molar-refractivity contribution in [2.75, 3.05) is 13.1 Å². The van der Waals surface area contributed by atoms with Gasteiger partial charge >= 0.3 is 0 Å². The molecule has 1 amide bonds. The number of likely N-dealkylation sites (tertiary alicyclic amines) is 1. The molecule has 2 heterocycles. The van der Waals surface area contributed by atoms with Gasteiger partial charge in [-0.25, -0.2) is 0 Å². The third-order valence-electron chi connectivity index (χ3n) is 4.14. The van der Waals surface area contributed by atoms with Gasteiger partial charge in [0.05, 0.1) is 0 Å². The first-order chi connectivity index (χ1) is 8.65. The van der Waals surface area contributed by atoms with Gasteiger partial charge in [0, 0.05) is 30.4 Å². The summed E-state index contributed by atoms with van der Waals surface area (Å²) in [5, 5.41) is 0.546. The minimum Gasteiger partial charge on any atom is -0.337 e. The fourth-order valence-electron chi connectivity index (χ4n) is 3.16. The van der Waals surface area contributed by atoms with Gasteiger partial charge in [-0.15, -0.1) is 0 Å². The van der Waals surface area contributed by atoms with Crippen LogP contribution in [0.1, 0.15) is 23.3 Å². The Bertz CT molecular complexity index is 479. The second kappa shape index (κ2) is 4.52. The summed E-state index contributed by atoms with van der Waals surface area (Å²) in [6.07, 6.45) is 3.80. The van der Waals surface area contributed by atoms with Crippen LogP contribution in [0.15, 0.2) is 18.3 Å². The van der Waals surface area contributed by atoms with Crippen LogP contribution in [0.4, 0.5) is 0 Å². The average Bonchev–Trinajstić information content (AvgIpc) is 2.91. The summed E-state index contributed by atoms with van der Waals surface area (Å²) in [7, 11) is 0. The Morgan fingerprint density at radius 3 is 3.00 bits per heavy atom. The van der Waals surface area contributed by atoms with Crippen molar-refractivity contribution < 1.29 is 4.79 Å². The van der Waals surface area contributed by atoms with Gasteiger partial charge in [-0.2, -0.15) is 0 Å². The molecule has 0 aromatic carbocycles. The fourth-order valence-corrected chi connectivity index (χ4v) is 3.32. The number of rotatable bonds is 1. The molecule has 2 fully saturated rings. The Labute approximate surface area is 111 Å². The zero-order valence-corrected chi connectivity index (χ0v) is 10.8. The largest absolute Gasteiger partial charge is 0.337 e. The number of nitrogens with zero attached hydrogens (tertiary/aromatic N) is 2. The van der Waals surface area contributed by atoms with Gasteiger partial charge in [-0.1, -0.05) is 11.6 Å². The molecule has 3 rings (SSSR count). The van der Waals surface area contributed by atoms with E-state index in [4.69, 9.17) is 17.3 Å². The van der Waals surface area contributed by atoms with E-state index in [2.05, 4.69) is 4.98 Å². The number of pyridine rings is 1. The number of hydrogen-bond acceptors (Lipinski definition) is 3. The van der Waals surface area contributed by atoms with Crippen molar-refractivity contribution in [2.45, 2.75) is 18.9 Å². The second-order valence-electron chi connectivity index (χ2n) is 5.23. The monoisotopic (exact) mass is 265 g/mol. The molecule has 2 aliphatic rings. The van der Waals surface area contributed by atoms with E-state index in [9.17, 15) is 4.79 Å². The quantitative estimate of drug-likeness (QED) is 0.838. The molecule has 4 nitrogen and oxygen atoms in total. The Kier molecular flexibility index (Phi) is 2.99. The van der Waals surface area contributed by atoms with Gasteiger partial charge in [0.15, 0.2) is 0 Å². The predicted octanol–water partition coefficient (Wildman–Crippen LogP) is 1.54. The molecular weight excluding hydrogens is 250 g/mol. The Hall–Kier alpha value is -1.13. The van der Waals surface area contributed by atoms with Crippen molar-refractivity contribution in [3.8, 4) is 0 Å². The number of halogens is 1. The Morgan fingerprint density at radius 2 is 2.28 bits per heavy atom. The molecule has 0 unspecified atom stereocenters. The molecule has 5 heteroatoms. The number of nitrogens with two attached hydrogens (primary N) is 1. The van der Waals surface area contributed by atoms with Crippen LogP contribution >= 0.6 is 11.6 Å². The van der Waals surface area contributed by atoms with E-state index in [1.807, 2.05) is 4.90 Å². The molecule has 2 N–H and O–H groups in total. The Balaban J connectivity index is 1.75. The second-order valence-corrected chi connectivity index (χ2v) is 5.67. The lowest BCUT2D eigenvalue weighted by Gasteiger charge is -2.18. The number of carbonyl (C=O) groups is 1. The maximum absolute atomic E-state index is 12.3. The first-order valence-electron chi connectivity index (χ1n) is 6.31. The van der Waals surface area contributed by atoms with E-state index in [1.54, 1.807) is 18.3 Å². The smallest absolute Gasteiger partial charge is 0.272 e. The van der Waals surface area contributed by atoms with Crippen LogP contribution in [0, 0.1) is 11.8 Å². The van der Waals surface area contributed by atoms with Crippen molar-refractivity contribution in [1.29, 1.82) is 0 Å².